The topological polar surface area (TPSA) is 75.6 Å². The third kappa shape index (κ3) is 4.82. The molecule has 5 nitrogen and oxygen atoms in total. The largest absolute Gasteiger partial charge is 0.481 e. The summed E-state index contributed by atoms with van der Waals surface area (Å²) in [4.78, 5) is 23.7. The Bertz CT molecular complexity index is 767. The predicted octanol–water partition coefficient (Wildman–Crippen LogP) is 3.02. The molecule has 0 spiro atoms. The molecular formula is C21H25NO4. The van der Waals surface area contributed by atoms with Crippen LogP contribution in [0.15, 0.2) is 42.5 Å². The van der Waals surface area contributed by atoms with Crippen molar-refractivity contribution < 1.29 is 19.4 Å². The highest BCUT2D eigenvalue weighted by molar-refractivity contribution is 5.83. The molecule has 0 radical (unpaired) electrons. The van der Waals surface area contributed by atoms with Crippen LogP contribution in [-0.4, -0.2) is 36.7 Å². The molecule has 0 bridgehead atoms. The van der Waals surface area contributed by atoms with Gasteiger partial charge in [0.25, 0.3) is 0 Å². The van der Waals surface area contributed by atoms with E-state index < -0.39 is 11.9 Å². The first-order valence-corrected chi connectivity index (χ1v) is 9.18. The van der Waals surface area contributed by atoms with Gasteiger partial charge < -0.3 is 15.2 Å². The van der Waals surface area contributed by atoms with E-state index >= 15 is 0 Å². The quantitative estimate of drug-likeness (QED) is 0.800. The number of nitrogens with one attached hydrogen (secondary N) is 1. The Morgan fingerprint density at radius 3 is 2.58 bits per heavy atom. The maximum absolute atomic E-state index is 12.2. The normalized spacial score (nSPS) is 16.3. The van der Waals surface area contributed by atoms with Crippen LogP contribution in [0.5, 0.6) is 0 Å². The number of hydrogen-bond donors (Lipinski definition) is 2. The number of hydrogen-bond acceptors (Lipinski definition) is 3. The van der Waals surface area contributed by atoms with Gasteiger partial charge in [0.1, 0.15) is 0 Å². The Balaban J connectivity index is 1.50. The summed E-state index contributed by atoms with van der Waals surface area (Å²) in [6, 6.07) is 14.3. The van der Waals surface area contributed by atoms with Crippen LogP contribution in [0.25, 0.3) is 10.8 Å². The Morgan fingerprint density at radius 1 is 1.12 bits per heavy atom. The monoisotopic (exact) mass is 355 g/mol. The standard InChI is InChI=1S/C21H25NO4/c23-20(22-14-19(21(24)25)17-9-11-26-12-10-17)8-6-15-5-7-16-3-1-2-4-18(16)13-15/h1-5,7,13,17,19H,6,8-12,14H2,(H,22,23)(H,24,25). The fourth-order valence-corrected chi connectivity index (χ4v) is 3.54. The molecule has 1 aliphatic heterocycles. The second-order valence-corrected chi connectivity index (χ2v) is 6.88. The molecule has 1 aliphatic rings. The van der Waals surface area contributed by atoms with Crippen LogP contribution < -0.4 is 5.32 Å². The number of carboxylic acids is 1. The van der Waals surface area contributed by atoms with E-state index in [0.29, 0.717) is 26.1 Å². The van der Waals surface area contributed by atoms with Crippen LogP contribution in [0.3, 0.4) is 0 Å². The van der Waals surface area contributed by atoms with E-state index in [1.807, 2.05) is 18.2 Å². The number of carboxylic acid groups (broad SMARTS) is 1. The lowest BCUT2D eigenvalue weighted by Gasteiger charge is -2.27. The van der Waals surface area contributed by atoms with E-state index in [-0.39, 0.29) is 18.4 Å². The summed E-state index contributed by atoms with van der Waals surface area (Å²) < 4.78 is 5.29. The zero-order valence-electron chi connectivity index (χ0n) is 14.8. The first kappa shape index (κ1) is 18.4. The van der Waals surface area contributed by atoms with Crippen molar-refractivity contribution in [1.29, 1.82) is 0 Å². The lowest BCUT2D eigenvalue weighted by Crippen LogP contribution is -2.39. The van der Waals surface area contributed by atoms with E-state index in [4.69, 9.17) is 4.74 Å². The van der Waals surface area contributed by atoms with Crippen molar-refractivity contribution in [2.75, 3.05) is 19.8 Å². The third-order valence-electron chi connectivity index (χ3n) is 5.13. The van der Waals surface area contributed by atoms with Crippen molar-refractivity contribution in [3.05, 3.63) is 48.0 Å². The summed E-state index contributed by atoms with van der Waals surface area (Å²) in [5, 5.41) is 14.6. The van der Waals surface area contributed by atoms with Crippen LogP contribution in [0.1, 0.15) is 24.8 Å². The molecule has 0 aromatic heterocycles. The van der Waals surface area contributed by atoms with E-state index in [0.717, 1.165) is 23.8 Å². The highest BCUT2D eigenvalue weighted by Gasteiger charge is 2.29. The molecule has 0 aliphatic carbocycles. The molecule has 1 heterocycles. The number of amides is 1. The zero-order valence-corrected chi connectivity index (χ0v) is 14.8. The minimum atomic E-state index is -0.841. The molecule has 2 N–H and O–H groups in total. The maximum atomic E-state index is 12.2. The number of rotatable bonds is 7. The van der Waals surface area contributed by atoms with Gasteiger partial charge in [0.15, 0.2) is 0 Å². The van der Waals surface area contributed by atoms with Gasteiger partial charge in [0.2, 0.25) is 5.91 Å². The third-order valence-corrected chi connectivity index (χ3v) is 5.13. The molecule has 1 amide bonds. The molecular weight excluding hydrogens is 330 g/mol. The fourth-order valence-electron chi connectivity index (χ4n) is 3.54. The molecule has 2 aromatic carbocycles. The molecule has 2 aromatic rings. The van der Waals surface area contributed by atoms with Gasteiger partial charge in [-0.05, 0) is 41.5 Å². The van der Waals surface area contributed by atoms with Crippen molar-refractivity contribution in [3.8, 4) is 0 Å². The molecule has 1 fully saturated rings. The molecule has 138 valence electrons. The van der Waals surface area contributed by atoms with Crippen molar-refractivity contribution in [2.24, 2.45) is 11.8 Å². The van der Waals surface area contributed by atoms with Gasteiger partial charge in [-0.25, -0.2) is 0 Å². The first-order chi connectivity index (χ1) is 12.6. The number of aliphatic carboxylic acids is 1. The summed E-state index contributed by atoms with van der Waals surface area (Å²) in [6.07, 6.45) is 2.48. The summed E-state index contributed by atoms with van der Waals surface area (Å²) in [6.45, 7) is 1.39. The van der Waals surface area contributed by atoms with Crippen LogP contribution in [-0.2, 0) is 20.7 Å². The van der Waals surface area contributed by atoms with Crippen LogP contribution in [0.2, 0.25) is 0 Å². The number of carbonyl (C=O) groups is 2. The van der Waals surface area contributed by atoms with Crippen molar-refractivity contribution in [3.63, 3.8) is 0 Å². The van der Waals surface area contributed by atoms with Crippen molar-refractivity contribution >= 4 is 22.6 Å². The fraction of sp³-hybridized carbons (Fsp3) is 0.429. The second kappa shape index (κ2) is 8.81. The average Bonchev–Trinajstić information content (AvgIpc) is 2.67. The second-order valence-electron chi connectivity index (χ2n) is 6.88. The van der Waals surface area contributed by atoms with Crippen LogP contribution in [0, 0.1) is 11.8 Å². The summed E-state index contributed by atoms with van der Waals surface area (Å²) >= 11 is 0. The van der Waals surface area contributed by atoms with Gasteiger partial charge in [0.05, 0.1) is 5.92 Å². The predicted molar refractivity (Wildman–Crippen MR) is 99.9 cm³/mol. The Hall–Kier alpha value is -2.40. The molecule has 5 heteroatoms. The van der Waals surface area contributed by atoms with Gasteiger partial charge in [-0.3, -0.25) is 9.59 Å². The highest BCUT2D eigenvalue weighted by Crippen LogP contribution is 2.24. The highest BCUT2D eigenvalue weighted by atomic mass is 16.5. The molecule has 1 saturated heterocycles. The number of fused-ring (bicyclic) bond motifs is 1. The van der Waals surface area contributed by atoms with Crippen LogP contribution >= 0.6 is 0 Å². The number of aryl methyl sites for hydroxylation is 1. The Labute approximate surface area is 153 Å². The van der Waals surface area contributed by atoms with E-state index in [1.54, 1.807) is 0 Å². The van der Waals surface area contributed by atoms with E-state index in [2.05, 4.69) is 29.6 Å². The minimum absolute atomic E-state index is 0.0713. The molecule has 26 heavy (non-hydrogen) atoms. The van der Waals surface area contributed by atoms with Crippen LogP contribution in [0.4, 0.5) is 0 Å². The van der Waals surface area contributed by atoms with Gasteiger partial charge in [-0.15, -0.1) is 0 Å². The lowest BCUT2D eigenvalue weighted by molar-refractivity contribution is -0.144. The maximum Gasteiger partial charge on any atom is 0.308 e. The summed E-state index contributed by atoms with van der Waals surface area (Å²) in [7, 11) is 0. The van der Waals surface area contributed by atoms with E-state index in [9.17, 15) is 14.7 Å². The number of ether oxygens (including phenoxy) is 1. The van der Waals surface area contributed by atoms with Crippen molar-refractivity contribution in [1.82, 2.24) is 5.32 Å². The van der Waals surface area contributed by atoms with E-state index in [1.165, 1.54) is 5.39 Å². The SMILES string of the molecule is O=C(CCc1ccc2ccccc2c1)NCC(C(=O)O)C1CCOCC1. The smallest absolute Gasteiger partial charge is 0.308 e. The van der Waals surface area contributed by atoms with Gasteiger partial charge >= 0.3 is 5.97 Å². The lowest BCUT2D eigenvalue weighted by atomic mass is 9.86. The molecule has 3 rings (SSSR count). The van der Waals surface area contributed by atoms with Gasteiger partial charge in [-0.2, -0.15) is 0 Å². The molecule has 1 atom stereocenters. The number of carbonyl (C=O) groups excluding carboxylic acids is 1. The number of benzene rings is 2. The molecule has 0 saturated carbocycles. The molecule has 1 unspecified atom stereocenters. The summed E-state index contributed by atoms with van der Waals surface area (Å²) in [5.74, 6) is -1.41. The van der Waals surface area contributed by atoms with Gasteiger partial charge in [-0.1, -0.05) is 42.5 Å². The Morgan fingerprint density at radius 2 is 1.85 bits per heavy atom. The first-order valence-electron chi connectivity index (χ1n) is 9.18. The van der Waals surface area contributed by atoms with Crippen molar-refractivity contribution in [2.45, 2.75) is 25.7 Å². The summed E-state index contributed by atoms with van der Waals surface area (Å²) in [5.41, 5.74) is 1.11. The Kier molecular flexibility index (Phi) is 6.23. The van der Waals surface area contributed by atoms with Gasteiger partial charge in [0, 0.05) is 26.2 Å². The zero-order chi connectivity index (χ0) is 18.4. The minimum Gasteiger partial charge on any atom is -0.481 e. The average molecular weight is 355 g/mol.